The van der Waals surface area contributed by atoms with E-state index in [1.54, 1.807) is 0 Å². The van der Waals surface area contributed by atoms with Crippen LogP contribution in [0.25, 0.3) is 0 Å². The van der Waals surface area contributed by atoms with Crippen LogP contribution in [0.2, 0.25) is 0 Å². The van der Waals surface area contributed by atoms with Gasteiger partial charge in [-0.3, -0.25) is 5.10 Å². The number of nitrogens with zero attached hydrogens (tertiary/aromatic N) is 1. The molecule has 1 aromatic rings. The van der Waals surface area contributed by atoms with Crippen molar-refractivity contribution in [2.24, 2.45) is 29.1 Å². The first-order valence-electron chi connectivity index (χ1n) is 9.73. The summed E-state index contributed by atoms with van der Waals surface area (Å²) in [5.41, 5.74) is 3.76. The summed E-state index contributed by atoms with van der Waals surface area (Å²) in [4.78, 5) is 0. The highest BCUT2D eigenvalue weighted by Crippen LogP contribution is 2.65. The minimum Gasteiger partial charge on any atom is -0.393 e. The summed E-state index contributed by atoms with van der Waals surface area (Å²) in [7, 11) is 0. The highest BCUT2D eigenvalue weighted by molar-refractivity contribution is 5.35. The molecule has 0 unspecified atom stereocenters. The van der Waals surface area contributed by atoms with E-state index in [4.69, 9.17) is 0 Å². The third kappa shape index (κ3) is 1.78. The van der Waals surface area contributed by atoms with Gasteiger partial charge in [-0.15, -0.1) is 0 Å². The molecular formula is C20H30N2O. The van der Waals surface area contributed by atoms with Gasteiger partial charge in [0.2, 0.25) is 0 Å². The van der Waals surface area contributed by atoms with Gasteiger partial charge in [-0.25, -0.2) is 0 Å². The lowest BCUT2D eigenvalue weighted by atomic mass is 9.45. The van der Waals surface area contributed by atoms with E-state index < -0.39 is 0 Å². The summed E-state index contributed by atoms with van der Waals surface area (Å²) in [6.07, 6.45) is 12.0. The van der Waals surface area contributed by atoms with E-state index in [1.165, 1.54) is 49.8 Å². The predicted molar refractivity (Wildman–Crippen MR) is 90.0 cm³/mol. The molecule has 7 atom stereocenters. The summed E-state index contributed by atoms with van der Waals surface area (Å²) < 4.78 is 0. The highest BCUT2D eigenvalue weighted by atomic mass is 16.3. The fraction of sp³-hybridized carbons (Fsp3) is 0.850. The summed E-state index contributed by atoms with van der Waals surface area (Å²) in [5.74, 6) is 3.34. The van der Waals surface area contributed by atoms with E-state index in [9.17, 15) is 5.11 Å². The van der Waals surface area contributed by atoms with Crippen molar-refractivity contribution in [3.8, 4) is 0 Å². The van der Waals surface area contributed by atoms with Gasteiger partial charge in [0.15, 0.2) is 0 Å². The van der Waals surface area contributed by atoms with E-state index >= 15 is 0 Å². The summed E-state index contributed by atoms with van der Waals surface area (Å²) in [5, 5.41) is 17.8. The van der Waals surface area contributed by atoms with E-state index in [-0.39, 0.29) is 6.10 Å². The quantitative estimate of drug-likeness (QED) is 0.764. The second kappa shape index (κ2) is 4.62. The van der Waals surface area contributed by atoms with Crippen LogP contribution >= 0.6 is 0 Å². The smallest absolute Gasteiger partial charge is 0.0543 e. The standard InChI is InChI=1S/C20H30N2O/c1-19-7-5-14(23)10-13(19)3-4-15-16(19)6-8-20(2)17(15)9-12-11-21-22-18(12)20/h11,13-17,23H,3-10H2,1-2H3,(H,21,22)/t13-,14-,15-,16+,17-,19-,20+/m0/s1. The van der Waals surface area contributed by atoms with Gasteiger partial charge in [-0.05, 0) is 86.0 Å². The normalized spacial score (nSPS) is 51.5. The van der Waals surface area contributed by atoms with Crippen molar-refractivity contribution in [3.63, 3.8) is 0 Å². The Morgan fingerprint density at radius 3 is 2.87 bits per heavy atom. The molecule has 0 saturated heterocycles. The monoisotopic (exact) mass is 314 g/mol. The first kappa shape index (κ1) is 14.5. The summed E-state index contributed by atoms with van der Waals surface area (Å²) in [6, 6.07) is 0. The number of aliphatic hydroxyl groups excluding tert-OH is 1. The van der Waals surface area contributed by atoms with Crippen molar-refractivity contribution in [2.75, 3.05) is 0 Å². The zero-order valence-corrected chi connectivity index (χ0v) is 14.5. The maximum Gasteiger partial charge on any atom is 0.0543 e. The molecule has 3 nitrogen and oxygen atoms in total. The maximum atomic E-state index is 10.1. The van der Waals surface area contributed by atoms with Crippen LogP contribution in [0.4, 0.5) is 0 Å². The van der Waals surface area contributed by atoms with E-state index in [1.807, 2.05) is 0 Å². The van der Waals surface area contributed by atoms with Gasteiger partial charge >= 0.3 is 0 Å². The maximum absolute atomic E-state index is 10.1. The number of hydrogen-bond donors (Lipinski definition) is 2. The van der Waals surface area contributed by atoms with E-state index in [2.05, 4.69) is 30.2 Å². The molecule has 0 spiro atoms. The van der Waals surface area contributed by atoms with E-state index in [0.29, 0.717) is 10.8 Å². The number of aliphatic hydroxyl groups is 1. The van der Waals surface area contributed by atoms with E-state index in [0.717, 1.165) is 36.5 Å². The molecule has 1 aromatic heterocycles. The Morgan fingerprint density at radius 1 is 1.13 bits per heavy atom. The number of nitrogens with one attached hydrogen (secondary N) is 1. The van der Waals surface area contributed by atoms with Gasteiger partial charge in [0, 0.05) is 11.1 Å². The van der Waals surface area contributed by atoms with Crippen molar-refractivity contribution in [1.82, 2.24) is 10.2 Å². The zero-order chi connectivity index (χ0) is 15.8. The lowest BCUT2D eigenvalue weighted by Crippen LogP contribution is -2.54. The average Bonchev–Trinajstić information content (AvgIpc) is 3.09. The Balaban J connectivity index is 1.49. The molecule has 126 valence electrons. The molecule has 4 aliphatic rings. The highest BCUT2D eigenvalue weighted by Gasteiger charge is 2.59. The Hall–Kier alpha value is -0.830. The Morgan fingerprint density at radius 2 is 2.00 bits per heavy atom. The lowest BCUT2D eigenvalue weighted by molar-refractivity contribution is -0.111. The summed E-state index contributed by atoms with van der Waals surface area (Å²) in [6.45, 7) is 5.07. The van der Waals surface area contributed by atoms with Gasteiger partial charge in [0.05, 0.1) is 12.3 Å². The number of H-pyrrole nitrogens is 1. The van der Waals surface area contributed by atoms with Crippen molar-refractivity contribution in [1.29, 1.82) is 0 Å². The molecule has 0 amide bonds. The Bertz CT molecular complexity index is 625. The van der Waals surface area contributed by atoms with Crippen LogP contribution in [0, 0.1) is 29.1 Å². The molecule has 4 aliphatic carbocycles. The molecule has 5 rings (SSSR count). The molecule has 0 aromatic carbocycles. The molecule has 0 bridgehead atoms. The number of aromatic nitrogens is 2. The van der Waals surface area contributed by atoms with Crippen LogP contribution in [0.1, 0.15) is 70.1 Å². The third-order valence-corrected chi connectivity index (χ3v) is 8.76. The minimum atomic E-state index is -0.0316. The van der Waals surface area contributed by atoms with Crippen LogP contribution in [0.15, 0.2) is 6.20 Å². The second-order valence-corrected chi connectivity index (χ2v) is 9.52. The molecule has 3 heteroatoms. The Labute approximate surface area is 139 Å². The minimum absolute atomic E-state index is 0.0316. The van der Waals surface area contributed by atoms with Gasteiger partial charge in [0.25, 0.3) is 0 Å². The predicted octanol–water partition coefficient (Wildman–Crippen LogP) is 3.83. The van der Waals surface area contributed by atoms with Crippen molar-refractivity contribution in [2.45, 2.75) is 76.7 Å². The van der Waals surface area contributed by atoms with Gasteiger partial charge < -0.3 is 5.11 Å². The van der Waals surface area contributed by atoms with Crippen LogP contribution in [0.3, 0.4) is 0 Å². The zero-order valence-electron chi connectivity index (χ0n) is 14.5. The van der Waals surface area contributed by atoms with Crippen molar-refractivity contribution < 1.29 is 5.11 Å². The molecule has 0 radical (unpaired) electrons. The van der Waals surface area contributed by atoms with Crippen molar-refractivity contribution in [3.05, 3.63) is 17.5 Å². The third-order valence-electron chi connectivity index (χ3n) is 8.76. The summed E-state index contributed by atoms with van der Waals surface area (Å²) >= 11 is 0. The topological polar surface area (TPSA) is 48.9 Å². The SMILES string of the molecule is C[C@]12CC[C@H](O)C[C@@H]1CC[C@H]1[C@H]2CC[C@@]2(C)c3[nH]ncc3C[C@@H]12. The van der Waals surface area contributed by atoms with Crippen LogP contribution in [-0.2, 0) is 11.8 Å². The first-order valence-corrected chi connectivity index (χ1v) is 9.73. The van der Waals surface area contributed by atoms with Crippen LogP contribution < -0.4 is 0 Å². The molecular weight excluding hydrogens is 284 g/mol. The first-order chi connectivity index (χ1) is 11.0. The molecule has 3 fully saturated rings. The lowest BCUT2D eigenvalue weighted by Gasteiger charge is -2.60. The Kier molecular flexibility index (Phi) is 2.92. The number of fused-ring (bicyclic) bond motifs is 7. The largest absolute Gasteiger partial charge is 0.393 e. The molecule has 2 N–H and O–H groups in total. The van der Waals surface area contributed by atoms with Crippen LogP contribution in [-0.4, -0.2) is 21.4 Å². The fourth-order valence-corrected chi connectivity index (χ4v) is 7.44. The molecule has 23 heavy (non-hydrogen) atoms. The molecule has 1 heterocycles. The number of aromatic amines is 1. The second-order valence-electron chi connectivity index (χ2n) is 9.52. The number of hydrogen-bond acceptors (Lipinski definition) is 2. The number of rotatable bonds is 0. The fourth-order valence-electron chi connectivity index (χ4n) is 7.44. The molecule has 0 aliphatic heterocycles. The van der Waals surface area contributed by atoms with Gasteiger partial charge in [-0.1, -0.05) is 13.8 Å². The van der Waals surface area contributed by atoms with Gasteiger partial charge in [-0.2, -0.15) is 5.10 Å². The van der Waals surface area contributed by atoms with Crippen molar-refractivity contribution >= 4 is 0 Å². The van der Waals surface area contributed by atoms with Crippen LogP contribution in [0.5, 0.6) is 0 Å². The van der Waals surface area contributed by atoms with Gasteiger partial charge in [0.1, 0.15) is 0 Å². The average molecular weight is 314 g/mol. The molecule has 3 saturated carbocycles.